The van der Waals surface area contributed by atoms with E-state index in [1.165, 1.54) is 0 Å². The third kappa shape index (κ3) is 3.25. The zero-order valence-electron chi connectivity index (χ0n) is 10.6. The van der Waals surface area contributed by atoms with Gasteiger partial charge in [0.05, 0.1) is 0 Å². The third-order valence-corrected chi connectivity index (χ3v) is 2.92. The fourth-order valence-corrected chi connectivity index (χ4v) is 1.86. The topological polar surface area (TPSA) is 75.3 Å². The maximum atomic E-state index is 11.1. The van der Waals surface area contributed by atoms with Gasteiger partial charge in [-0.2, -0.15) is 0 Å². The van der Waals surface area contributed by atoms with Crippen molar-refractivity contribution in [1.82, 2.24) is 0 Å². The monoisotopic (exact) mass is 256 g/mol. The summed E-state index contributed by atoms with van der Waals surface area (Å²) < 4.78 is 0. The molecular weight excluding hydrogens is 240 g/mol. The Morgan fingerprint density at radius 1 is 1.21 bits per heavy atom. The summed E-state index contributed by atoms with van der Waals surface area (Å²) in [6.45, 7) is 2.00. The highest BCUT2D eigenvalue weighted by Crippen LogP contribution is 2.21. The first kappa shape index (κ1) is 13.0. The Labute approximate surface area is 111 Å². The molecule has 0 spiro atoms. The van der Waals surface area contributed by atoms with Crippen molar-refractivity contribution >= 4 is 11.6 Å². The van der Waals surface area contributed by atoms with Crippen LogP contribution in [-0.4, -0.2) is 11.0 Å². The Balaban J connectivity index is 2.14. The number of carbonyl (C=O) groups is 1. The third-order valence-electron chi connectivity index (χ3n) is 2.92. The summed E-state index contributed by atoms with van der Waals surface area (Å²) in [6.07, 6.45) is 0. The van der Waals surface area contributed by atoms with Crippen molar-refractivity contribution in [3.8, 4) is 5.75 Å². The van der Waals surface area contributed by atoms with Gasteiger partial charge in [0, 0.05) is 17.3 Å². The molecule has 0 aliphatic rings. The number of hydrogen-bond donors (Lipinski definition) is 3. The standard InChI is InChI=1S/C15H16N2O2/c1-10(11-5-7-14(18)8-6-11)17-13-4-2-3-12(9-13)15(16)19/h2-10,17-18H,1H3,(H2,16,19). The van der Waals surface area contributed by atoms with Crippen molar-refractivity contribution in [2.75, 3.05) is 5.32 Å². The molecule has 2 aromatic carbocycles. The number of phenols is 1. The normalized spacial score (nSPS) is 11.8. The van der Waals surface area contributed by atoms with Crippen LogP contribution < -0.4 is 11.1 Å². The largest absolute Gasteiger partial charge is 0.508 e. The van der Waals surface area contributed by atoms with Crippen LogP contribution in [0.5, 0.6) is 5.75 Å². The summed E-state index contributed by atoms with van der Waals surface area (Å²) in [5.74, 6) is -0.201. The highest BCUT2D eigenvalue weighted by molar-refractivity contribution is 5.93. The number of anilines is 1. The van der Waals surface area contributed by atoms with Crippen LogP contribution >= 0.6 is 0 Å². The van der Waals surface area contributed by atoms with E-state index in [0.29, 0.717) is 5.56 Å². The number of nitrogens with two attached hydrogens (primary N) is 1. The molecule has 0 radical (unpaired) electrons. The van der Waals surface area contributed by atoms with E-state index in [0.717, 1.165) is 11.3 Å². The van der Waals surface area contributed by atoms with Crippen molar-refractivity contribution in [2.45, 2.75) is 13.0 Å². The van der Waals surface area contributed by atoms with Gasteiger partial charge in [0.25, 0.3) is 0 Å². The number of phenolic OH excluding ortho intramolecular Hbond substituents is 1. The highest BCUT2D eigenvalue weighted by Gasteiger charge is 2.07. The Bertz CT molecular complexity index is 579. The molecule has 0 saturated heterocycles. The van der Waals surface area contributed by atoms with Crippen LogP contribution in [0.3, 0.4) is 0 Å². The lowest BCUT2D eigenvalue weighted by molar-refractivity contribution is 0.100. The van der Waals surface area contributed by atoms with Crippen LogP contribution in [0.4, 0.5) is 5.69 Å². The average Bonchev–Trinajstić information content (AvgIpc) is 2.39. The molecule has 0 saturated carbocycles. The SMILES string of the molecule is CC(Nc1cccc(C(N)=O)c1)c1ccc(O)cc1. The number of benzene rings is 2. The number of aromatic hydroxyl groups is 1. The first-order valence-corrected chi connectivity index (χ1v) is 6.01. The van der Waals surface area contributed by atoms with Crippen LogP contribution in [0.1, 0.15) is 28.9 Å². The van der Waals surface area contributed by atoms with Gasteiger partial charge in [-0.1, -0.05) is 18.2 Å². The number of primary amides is 1. The van der Waals surface area contributed by atoms with E-state index < -0.39 is 5.91 Å². The van der Waals surface area contributed by atoms with Gasteiger partial charge in [-0.15, -0.1) is 0 Å². The van der Waals surface area contributed by atoms with E-state index in [-0.39, 0.29) is 11.8 Å². The molecule has 0 aliphatic heterocycles. The van der Waals surface area contributed by atoms with Gasteiger partial charge in [0.15, 0.2) is 0 Å². The van der Waals surface area contributed by atoms with Crippen molar-refractivity contribution < 1.29 is 9.90 Å². The first-order chi connectivity index (χ1) is 9.06. The van der Waals surface area contributed by atoms with Gasteiger partial charge in [0.1, 0.15) is 5.75 Å². The second-order valence-corrected chi connectivity index (χ2v) is 4.40. The quantitative estimate of drug-likeness (QED) is 0.787. The fraction of sp³-hybridized carbons (Fsp3) is 0.133. The van der Waals surface area contributed by atoms with E-state index in [1.54, 1.807) is 30.3 Å². The molecule has 1 unspecified atom stereocenters. The van der Waals surface area contributed by atoms with Crippen LogP contribution in [0, 0.1) is 0 Å². The predicted octanol–water partition coefficient (Wildman–Crippen LogP) is 2.66. The van der Waals surface area contributed by atoms with Gasteiger partial charge < -0.3 is 16.2 Å². The van der Waals surface area contributed by atoms with Crippen molar-refractivity contribution in [3.63, 3.8) is 0 Å². The van der Waals surface area contributed by atoms with Gasteiger partial charge >= 0.3 is 0 Å². The number of rotatable bonds is 4. The number of hydrogen-bond acceptors (Lipinski definition) is 3. The minimum Gasteiger partial charge on any atom is -0.508 e. The molecule has 1 amide bonds. The Morgan fingerprint density at radius 2 is 1.89 bits per heavy atom. The summed E-state index contributed by atoms with van der Waals surface area (Å²) in [7, 11) is 0. The minimum atomic E-state index is -0.444. The van der Waals surface area contributed by atoms with E-state index in [9.17, 15) is 9.90 Å². The second kappa shape index (κ2) is 5.44. The van der Waals surface area contributed by atoms with Crippen LogP contribution in [0.15, 0.2) is 48.5 Å². The minimum absolute atomic E-state index is 0.0590. The lowest BCUT2D eigenvalue weighted by atomic mass is 10.1. The average molecular weight is 256 g/mol. The van der Waals surface area contributed by atoms with Gasteiger partial charge in [-0.25, -0.2) is 0 Å². The Kier molecular flexibility index (Phi) is 3.71. The lowest BCUT2D eigenvalue weighted by Crippen LogP contribution is -2.12. The first-order valence-electron chi connectivity index (χ1n) is 6.01. The number of amides is 1. The molecule has 0 aliphatic carbocycles. The number of nitrogens with one attached hydrogen (secondary N) is 1. The summed E-state index contributed by atoms with van der Waals surface area (Å²) in [5, 5.41) is 12.5. The fourth-order valence-electron chi connectivity index (χ4n) is 1.86. The van der Waals surface area contributed by atoms with Crippen molar-refractivity contribution in [3.05, 3.63) is 59.7 Å². The van der Waals surface area contributed by atoms with Crippen molar-refractivity contribution in [2.24, 2.45) is 5.73 Å². The summed E-state index contributed by atoms with van der Waals surface area (Å²) in [5.41, 5.74) is 7.60. The summed E-state index contributed by atoms with van der Waals surface area (Å²) in [6, 6.07) is 14.1. The van der Waals surface area contributed by atoms with Crippen LogP contribution in [-0.2, 0) is 0 Å². The molecule has 2 aromatic rings. The number of carbonyl (C=O) groups excluding carboxylic acids is 1. The maximum absolute atomic E-state index is 11.1. The molecular formula is C15H16N2O2. The Morgan fingerprint density at radius 3 is 2.53 bits per heavy atom. The summed E-state index contributed by atoms with van der Waals surface area (Å²) in [4.78, 5) is 11.1. The van der Waals surface area contributed by atoms with Gasteiger partial charge in [0.2, 0.25) is 5.91 Å². The molecule has 0 fully saturated rings. The van der Waals surface area contributed by atoms with E-state index >= 15 is 0 Å². The smallest absolute Gasteiger partial charge is 0.248 e. The summed E-state index contributed by atoms with van der Waals surface area (Å²) >= 11 is 0. The van der Waals surface area contributed by atoms with Crippen LogP contribution in [0.25, 0.3) is 0 Å². The van der Waals surface area contributed by atoms with Crippen LogP contribution in [0.2, 0.25) is 0 Å². The van der Waals surface area contributed by atoms with E-state index in [2.05, 4.69) is 5.32 Å². The molecule has 19 heavy (non-hydrogen) atoms. The Hall–Kier alpha value is -2.49. The molecule has 4 heteroatoms. The van der Waals surface area contributed by atoms with Gasteiger partial charge in [-0.3, -0.25) is 4.79 Å². The molecule has 4 N–H and O–H groups in total. The maximum Gasteiger partial charge on any atom is 0.248 e. The van der Waals surface area contributed by atoms with E-state index in [1.807, 2.05) is 25.1 Å². The van der Waals surface area contributed by atoms with Crippen molar-refractivity contribution in [1.29, 1.82) is 0 Å². The van der Waals surface area contributed by atoms with E-state index in [4.69, 9.17) is 5.73 Å². The molecule has 4 nitrogen and oxygen atoms in total. The molecule has 1 atom stereocenters. The predicted molar refractivity (Wildman–Crippen MR) is 75.1 cm³/mol. The highest BCUT2D eigenvalue weighted by atomic mass is 16.3. The van der Waals surface area contributed by atoms with Gasteiger partial charge in [-0.05, 0) is 42.8 Å². The zero-order chi connectivity index (χ0) is 13.8. The molecule has 0 aromatic heterocycles. The molecule has 0 bridgehead atoms. The lowest BCUT2D eigenvalue weighted by Gasteiger charge is -2.16. The zero-order valence-corrected chi connectivity index (χ0v) is 10.6. The molecule has 98 valence electrons. The molecule has 2 rings (SSSR count). The second-order valence-electron chi connectivity index (χ2n) is 4.40. The molecule has 0 heterocycles.